The summed E-state index contributed by atoms with van der Waals surface area (Å²) in [4.78, 5) is 22.1. The Morgan fingerprint density at radius 2 is 1.87 bits per heavy atom. The largest absolute Gasteiger partial charge is 0.416 e. The molecule has 0 aromatic heterocycles. The lowest BCUT2D eigenvalue weighted by Crippen LogP contribution is -2.41. The lowest BCUT2D eigenvalue weighted by Gasteiger charge is -2.25. The van der Waals surface area contributed by atoms with Crippen LogP contribution in [0.5, 0.6) is 0 Å². The Kier molecular flexibility index (Phi) is 7.26. The predicted molar refractivity (Wildman–Crippen MR) is 107 cm³/mol. The van der Waals surface area contributed by atoms with Crippen molar-refractivity contribution in [1.29, 1.82) is 0 Å². The molecule has 2 rings (SSSR count). The standard InChI is InChI=1S/C19H20F3N3O5S/c1-3-9-23-18(26)12-24(15-6-4-5-14(10-15)19(20,21)22)31(29,30)16-8-7-13(2)17(11-16)25(27)28/h4-8,10-11H,3,9,12H2,1-2H3,(H,23,26). The van der Waals surface area contributed by atoms with E-state index in [0.717, 1.165) is 30.3 Å². The second-order valence-corrected chi connectivity index (χ2v) is 8.48. The molecular weight excluding hydrogens is 439 g/mol. The molecule has 12 heteroatoms. The molecule has 0 aliphatic rings. The molecule has 0 unspecified atom stereocenters. The first-order valence-electron chi connectivity index (χ1n) is 9.09. The van der Waals surface area contributed by atoms with Crippen LogP contribution in [0.15, 0.2) is 47.4 Å². The molecule has 0 saturated carbocycles. The molecule has 0 aliphatic carbocycles. The van der Waals surface area contributed by atoms with Crippen molar-refractivity contribution < 1.29 is 31.3 Å². The van der Waals surface area contributed by atoms with Crippen LogP contribution in [0, 0.1) is 17.0 Å². The molecule has 2 aromatic carbocycles. The first-order chi connectivity index (χ1) is 14.4. The highest BCUT2D eigenvalue weighted by Crippen LogP contribution is 2.33. The van der Waals surface area contributed by atoms with Gasteiger partial charge in [-0.25, -0.2) is 8.42 Å². The van der Waals surface area contributed by atoms with Gasteiger partial charge >= 0.3 is 6.18 Å². The molecule has 0 radical (unpaired) electrons. The molecule has 31 heavy (non-hydrogen) atoms. The zero-order chi connectivity index (χ0) is 23.4. The van der Waals surface area contributed by atoms with Crippen LogP contribution in [-0.2, 0) is 21.0 Å². The van der Waals surface area contributed by atoms with Crippen molar-refractivity contribution in [3.63, 3.8) is 0 Å². The lowest BCUT2D eigenvalue weighted by atomic mass is 10.2. The minimum Gasteiger partial charge on any atom is -0.355 e. The highest BCUT2D eigenvalue weighted by atomic mass is 32.2. The van der Waals surface area contributed by atoms with Gasteiger partial charge in [0.15, 0.2) is 0 Å². The Morgan fingerprint density at radius 3 is 2.45 bits per heavy atom. The van der Waals surface area contributed by atoms with E-state index in [1.165, 1.54) is 13.0 Å². The second-order valence-electron chi connectivity index (χ2n) is 6.62. The van der Waals surface area contributed by atoms with Crippen LogP contribution in [0.2, 0.25) is 0 Å². The van der Waals surface area contributed by atoms with Crippen LogP contribution in [0.1, 0.15) is 24.5 Å². The number of hydrogen-bond acceptors (Lipinski definition) is 5. The number of nitro groups is 1. The molecule has 0 fully saturated rings. The summed E-state index contributed by atoms with van der Waals surface area (Å²) in [7, 11) is -4.61. The summed E-state index contributed by atoms with van der Waals surface area (Å²) in [6.07, 6.45) is -4.18. The first-order valence-corrected chi connectivity index (χ1v) is 10.5. The molecule has 0 bridgehead atoms. The maximum Gasteiger partial charge on any atom is 0.416 e. The monoisotopic (exact) mass is 459 g/mol. The molecule has 0 spiro atoms. The molecule has 1 amide bonds. The number of nitrogens with zero attached hydrogens (tertiary/aromatic N) is 2. The second kappa shape index (κ2) is 9.33. The number of carbonyl (C=O) groups is 1. The molecule has 0 atom stereocenters. The number of rotatable bonds is 8. The summed E-state index contributed by atoms with van der Waals surface area (Å²) in [6, 6.07) is 6.63. The number of amides is 1. The van der Waals surface area contributed by atoms with Gasteiger partial charge in [0.05, 0.1) is 21.1 Å². The highest BCUT2D eigenvalue weighted by molar-refractivity contribution is 7.92. The van der Waals surface area contributed by atoms with Gasteiger partial charge in [-0.2, -0.15) is 13.2 Å². The fourth-order valence-corrected chi connectivity index (χ4v) is 4.11. The number of alkyl halides is 3. The molecule has 8 nitrogen and oxygen atoms in total. The number of anilines is 1. The number of nitro benzene ring substituents is 1. The van der Waals surface area contributed by atoms with Gasteiger partial charge in [-0.1, -0.05) is 19.1 Å². The quantitative estimate of drug-likeness (QED) is 0.479. The van der Waals surface area contributed by atoms with Crippen molar-refractivity contribution in [2.45, 2.75) is 31.3 Å². The Bertz CT molecular complexity index is 1090. The predicted octanol–water partition coefficient (Wildman–Crippen LogP) is 3.64. The zero-order valence-electron chi connectivity index (χ0n) is 16.6. The average molecular weight is 459 g/mol. The van der Waals surface area contributed by atoms with Crippen LogP contribution < -0.4 is 9.62 Å². The normalized spacial score (nSPS) is 11.8. The summed E-state index contributed by atoms with van der Waals surface area (Å²) in [6.45, 7) is 2.63. The van der Waals surface area contributed by atoms with E-state index in [-0.39, 0.29) is 12.1 Å². The smallest absolute Gasteiger partial charge is 0.355 e. The minimum atomic E-state index is -4.74. The molecule has 1 N–H and O–H groups in total. The number of benzene rings is 2. The van der Waals surface area contributed by atoms with E-state index in [1.54, 1.807) is 6.92 Å². The third-order valence-electron chi connectivity index (χ3n) is 4.29. The number of sulfonamides is 1. The fourth-order valence-electron chi connectivity index (χ4n) is 2.68. The SMILES string of the molecule is CCCNC(=O)CN(c1cccc(C(F)(F)F)c1)S(=O)(=O)c1ccc(C)c([N+](=O)[O-])c1. The molecule has 168 valence electrons. The summed E-state index contributed by atoms with van der Waals surface area (Å²) in [5, 5.41) is 13.7. The van der Waals surface area contributed by atoms with E-state index >= 15 is 0 Å². The Morgan fingerprint density at radius 1 is 1.19 bits per heavy atom. The van der Waals surface area contributed by atoms with E-state index in [4.69, 9.17) is 0 Å². The van der Waals surface area contributed by atoms with E-state index in [9.17, 15) is 36.5 Å². The summed E-state index contributed by atoms with van der Waals surface area (Å²) in [5.41, 5.74) is -1.77. The third-order valence-corrected chi connectivity index (χ3v) is 6.06. The Labute approximate surface area is 176 Å². The van der Waals surface area contributed by atoms with Gasteiger partial charge in [0, 0.05) is 18.2 Å². The number of halogens is 3. The van der Waals surface area contributed by atoms with Crippen molar-refractivity contribution in [3.05, 3.63) is 63.7 Å². The van der Waals surface area contributed by atoms with Crippen LogP contribution in [-0.4, -0.2) is 32.3 Å². The Hall–Kier alpha value is -3.15. The molecule has 0 aliphatic heterocycles. The van der Waals surface area contributed by atoms with Gasteiger partial charge in [0.25, 0.3) is 15.7 Å². The van der Waals surface area contributed by atoms with E-state index in [1.807, 2.05) is 0 Å². The molecule has 2 aromatic rings. The topological polar surface area (TPSA) is 110 Å². The maximum atomic E-state index is 13.2. The average Bonchev–Trinajstić information content (AvgIpc) is 2.69. The van der Waals surface area contributed by atoms with Crippen LogP contribution in [0.3, 0.4) is 0 Å². The molecule has 0 saturated heterocycles. The lowest BCUT2D eigenvalue weighted by molar-refractivity contribution is -0.385. The maximum absolute atomic E-state index is 13.2. The van der Waals surface area contributed by atoms with Crippen molar-refractivity contribution in [2.24, 2.45) is 0 Å². The minimum absolute atomic E-state index is 0.204. The van der Waals surface area contributed by atoms with E-state index in [0.29, 0.717) is 16.8 Å². The fraction of sp³-hybridized carbons (Fsp3) is 0.316. The summed E-state index contributed by atoms with van der Waals surface area (Å²) >= 11 is 0. The third kappa shape index (κ3) is 5.72. The number of nitrogens with one attached hydrogen (secondary N) is 1. The Balaban J connectivity index is 2.61. The van der Waals surface area contributed by atoms with Crippen molar-refractivity contribution in [2.75, 3.05) is 17.4 Å². The number of hydrogen-bond donors (Lipinski definition) is 1. The van der Waals surface area contributed by atoms with Crippen LogP contribution in [0.4, 0.5) is 24.5 Å². The molecule has 0 heterocycles. The van der Waals surface area contributed by atoms with Gasteiger partial charge in [-0.3, -0.25) is 19.2 Å². The van der Waals surface area contributed by atoms with Crippen molar-refractivity contribution >= 4 is 27.3 Å². The van der Waals surface area contributed by atoms with Gasteiger partial charge in [-0.05, 0) is 37.6 Å². The highest BCUT2D eigenvalue weighted by Gasteiger charge is 2.33. The van der Waals surface area contributed by atoms with Gasteiger partial charge in [-0.15, -0.1) is 0 Å². The zero-order valence-corrected chi connectivity index (χ0v) is 17.5. The number of aryl methyl sites for hydroxylation is 1. The van der Waals surface area contributed by atoms with Gasteiger partial charge in [0.2, 0.25) is 5.91 Å². The van der Waals surface area contributed by atoms with E-state index in [2.05, 4.69) is 5.32 Å². The van der Waals surface area contributed by atoms with Crippen LogP contribution in [0.25, 0.3) is 0 Å². The van der Waals surface area contributed by atoms with Crippen molar-refractivity contribution in [1.82, 2.24) is 5.32 Å². The van der Waals surface area contributed by atoms with Crippen LogP contribution >= 0.6 is 0 Å². The van der Waals surface area contributed by atoms with Gasteiger partial charge < -0.3 is 5.32 Å². The van der Waals surface area contributed by atoms with E-state index < -0.39 is 55.4 Å². The van der Waals surface area contributed by atoms with Crippen molar-refractivity contribution in [3.8, 4) is 0 Å². The van der Waals surface area contributed by atoms with Gasteiger partial charge in [0.1, 0.15) is 6.54 Å². The number of carbonyl (C=O) groups excluding carboxylic acids is 1. The summed E-state index contributed by atoms with van der Waals surface area (Å²) < 4.78 is 66.4. The first kappa shape index (κ1) is 24.1. The summed E-state index contributed by atoms with van der Waals surface area (Å²) in [5.74, 6) is -0.732. The molecular formula is C19H20F3N3O5S.